The molecular formula is C18H13N3O4. The lowest BCUT2D eigenvalue weighted by Crippen LogP contribution is -2.21. The maximum atomic E-state index is 12.3. The molecule has 2 aromatic carbocycles. The van der Waals surface area contributed by atoms with Gasteiger partial charge in [0.2, 0.25) is 0 Å². The highest BCUT2D eigenvalue weighted by atomic mass is 16.6. The number of hydrogen-bond donors (Lipinski definition) is 0. The van der Waals surface area contributed by atoms with Gasteiger partial charge in [-0.3, -0.25) is 19.7 Å². The van der Waals surface area contributed by atoms with Gasteiger partial charge < -0.3 is 0 Å². The molecule has 7 heteroatoms. The maximum absolute atomic E-state index is 12.3. The summed E-state index contributed by atoms with van der Waals surface area (Å²) in [5.41, 5.74) is 2.25. The minimum absolute atomic E-state index is 0.0493. The number of carbonyl (C=O) groups excluding carboxylic acids is 1. The average molecular weight is 335 g/mol. The lowest BCUT2D eigenvalue weighted by Gasteiger charge is -2.10. The molecule has 0 unspecified atom stereocenters. The third-order valence-corrected chi connectivity index (χ3v) is 3.73. The number of aldehydes is 1. The van der Waals surface area contributed by atoms with Gasteiger partial charge in [-0.25, -0.2) is 0 Å². The second kappa shape index (κ2) is 6.48. The van der Waals surface area contributed by atoms with Gasteiger partial charge in [0.05, 0.1) is 16.3 Å². The van der Waals surface area contributed by atoms with Crippen LogP contribution in [-0.4, -0.2) is 21.0 Å². The molecule has 0 saturated carbocycles. The highest BCUT2D eigenvalue weighted by Crippen LogP contribution is 2.24. The van der Waals surface area contributed by atoms with Gasteiger partial charge in [0.15, 0.2) is 0 Å². The second-order valence-corrected chi connectivity index (χ2v) is 5.44. The number of nitro benzene ring substituents is 1. The third kappa shape index (κ3) is 3.20. The van der Waals surface area contributed by atoms with Crippen LogP contribution >= 0.6 is 0 Å². The SMILES string of the molecule is Cc1cc(=O)n(-c2ccc(C=O)cc2)nc1-c1cccc([N+](=O)[O-])c1. The maximum Gasteiger partial charge on any atom is 0.271 e. The van der Waals surface area contributed by atoms with Crippen molar-refractivity contribution < 1.29 is 9.72 Å². The normalized spacial score (nSPS) is 10.4. The number of hydrogen-bond acceptors (Lipinski definition) is 5. The number of carbonyl (C=O) groups is 1. The summed E-state index contributed by atoms with van der Waals surface area (Å²) in [5.74, 6) is 0. The third-order valence-electron chi connectivity index (χ3n) is 3.73. The van der Waals surface area contributed by atoms with Gasteiger partial charge in [-0.2, -0.15) is 9.78 Å². The van der Waals surface area contributed by atoms with Crippen LogP contribution in [0.3, 0.4) is 0 Å². The highest BCUT2D eigenvalue weighted by Gasteiger charge is 2.13. The fraction of sp³-hybridized carbons (Fsp3) is 0.0556. The van der Waals surface area contributed by atoms with E-state index in [2.05, 4.69) is 5.10 Å². The summed E-state index contributed by atoms with van der Waals surface area (Å²) in [6, 6.07) is 13.9. The van der Waals surface area contributed by atoms with Gasteiger partial charge in [-0.1, -0.05) is 12.1 Å². The van der Waals surface area contributed by atoms with Crippen molar-refractivity contribution in [1.82, 2.24) is 9.78 Å². The van der Waals surface area contributed by atoms with E-state index in [1.54, 1.807) is 43.3 Å². The van der Waals surface area contributed by atoms with Crippen molar-refractivity contribution in [3.63, 3.8) is 0 Å². The highest BCUT2D eigenvalue weighted by molar-refractivity contribution is 5.75. The molecule has 0 amide bonds. The molecule has 3 aromatic rings. The van der Waals surface area contributed by atoms with Crippen molar-refractivity contribution in [2.75, 3.05) is 0 Å². The Hall–Kier alpha value is -3.61. The number of benzene rings is 2. The summed E-state index contributed by atoms with van der Waals surface area (Å²) in [6.07, 6.45) is 0.712. The molecule has 0 fully saturated rings. The Balaban J connectivity index is 2.15. The molecule has 0 aliphatic carbocycles. The standard InChI is InChI=1S/C18H13N3O4/c1-12-9-17(23)20(15-7-5-13(11-22)6-8-15)19-18(12)14-3-2-4-16(10-14)21(24)25/h2-11H,1H3. The predicted octanol–water partition coefficient (Wildman–Crippen LogP) is 2.93. The van der Waals surface area contributed by atoms with Gasteiger partial charge in [0.25, 0.3) is 11.2 Å². The lowest BCUT2D eigenvalue weighted by atomic mass is 10.1. The van der Waals surface area contributed by atoms with E-state index in [0.717, 1.165) is 0 Å². The molecule has 0 bridgehead atoms. The summed E-state index contributed by atoms with van der Waals surface area (Å²) in [6.45, 7) is 1.72. The molecule has 3 rings (SSSR count). The Morgan fingerprint density at radius 3 is 2.48 bits per heavy atom. The van der Waals surface area contributed by atoms with E-state index in [-0.39, 0.29) is 11.2 Å². The van der Waals surface area contributed by atoms with Crippen molar-refractivity contribution >= 4 is 12.0 Å². The van der Waals surface area contributed by atoms with E-state index in [4.69, 9.17) is 0 Å². The quantitative estimate of drug-likeness (QED) is 0.415. The molecule has 0 N–H and O–H groups in total. The van der Waals surface area contributed by atoms with Crippen molar-refractivity contribution in [3.8, 4) is 16.9 Å². The lowest BCUT2D eigenvalue weighted by molar-refractivity contribution is -0.384. The predicted molar refractivity (Wildman–Crippen MR) is 92.0 cm³/mol. The molecule has 1 aromatic heterocycles. The number of nitro groups is 1. The first-order valence-corrected chi connectivity index (χ1v) is 7.41. The van der Waals surface area contributed by atoms with E-state index in [0.29, 0.717) is 34.4 Å². The molecule has 0 aliphatic rings. The van der Waals surface area contributed by atoms with Gasteiger partial charge in [0.1, 0.15) is 6.29 Å². The fourth-order valence-corrected chi connectivity index (χ4v) is 2.47. The summed E-state index contributed by atoms with van der Waals surface area (Å²) >= 11 is 0. The number of non-ortho nitro benzene ring substituents is 1. The van der Waals surface area contributed by atoms with E-state index in [1.807, 2.05) is 0 Å². The summed E-state index contributed by atoms with van der Waals surface area (Å²) in [5, 5.41) is 15.3. The van der Waals surface area contributed by atoms with Crippen LogP contribution in [-0.2, 0) is 0 Å². The van der Waals surface area contributed by atoms with Crippen LogP contribution in [0.5, 0.6) is 0 Å². The van der Waals surface area contributed by atoms with Gasteiger partial charge >= 0.3 is 0 Å². The van der Waals surface area contributed by atoms with Crippen molar-refractivity contribution in [2.24, 2.45) is 0 Å². The average Bonchev–Trinajstić information content (AvgIpc) is 2.62. The van der Waals surface area contributed by atoms with Crippen molar-refractivity contribution in [2.45, 2.75) is 6.92 Å². The number of rotatable bonds is 4. The van der Waals surface area contributed by atoms with Crippen LogP contribution in [0.4, 0.5) is 5.69 Å². The zero-order valence-corrected chi connectivity index (χ0v) is 13.2. The Morgan fingerprint density at radius 2 is 1.84 bits per heavy atom. The molecule has 7 nitrogen and oxygen atoms in total. The van der Waals surface area contributed by atoms with Crippen LogP contribution in [0.15, 0.2) is 59.4 Å². The molecule has 0 atom stereocenters. The zero-order chi connectivity index (χ0) is 18.0. The largest absolute Gasteiger partial charge is 0.298 e. The topological polar surface area (TPSA) is 95.1 Å². The van der Waals surface area contributed by atoms with E-state index >= 15 is 0 Å². The van der Waals surface area contributed by atoms with Crippen LogP contribution < -0.4 is 5.56 Å². The zero-order valence-electron chi connectivity index (χ0n) is 13.2. The Labute approximate surface area is 142 Å². The van der Waals surface area contributed by atoms with E-state index in [9.17, 15) is 19.7 Å². The number of aryl methyl sites for hydroxylation is 1. The number of aromatic nitrogens is 2. The fourth-order valence-electron chi connectivity index (χ4n) is 2.47. The van der Waals surface area contributed by atoms with Crippen LogP contribution in [0.2, 0.25) is 0 Å². The van der Waals surface area contributed by atoms with Crippen LogP contribution in [0.1, 0.15) is 15.9 Å². The Kier molecular flexibility index (Phi) is 4.21. The number of nitrogens with zero attached hydrogens (tertiary/aromatic N) is 3. The van der Waals surface area contributed by atoms with Crippen molar-refractivity contribution in [1.29, 1.82) is 0 Å². The van der Waals surface area contributed by atoms with Gasteiger partial charge in [-0.15, -0.1) is 0 Å². The summed E-state index contributed by atoms with van der Waals surface area (Å²) in [7, 11) is 0. The van der Waals surface area contributed by atoms with Crippen LogP contribution in [0.25, 0.3) is 16.9 Å². The Bertz CT molecular complexity index is 1020. The molecular weight excluding hydrogens is 322 g/mol. The molecule has 0 aliphatic heterocycles. The molecule has 0 spiro atoms. The molecule has 1 heterocycles. The minimum Gasteiger partial charge on any atom is -0.298 e. The monoisotopic (exact) mass is 335 g/mol. The van der Waals surface area contributed by atoms with Gasteiger partial charge in [-0.05, 0) is 36.8 Å². The first-order chi connectivity index (χ1) is 12.0. The summed E-state index contributed by atoms with van der Waals surface area (Å²) < 4.78 is 1.20. The molecule has 124 valence electrons. The Morgan fingerprint density at radius 1 is 1.12 bits per heavy atom. The first kappa shape index (κ1) is 16.3. The van der Waals surface area contributed by atoms with Crippen molar-refractivity contribution in [3.05, 3.63) is 86.2 Å². The van der Waals surface area contributed by atoms with Crippen LogP contribution in [0, 0.1) is 17.0 Å². The first-order valence-electron chi connectivity index (χ1n) is 7.41. The molecule has 25 heavy (non-hydrogen) atoms. The molecule has 0 saturated heterocycles. The minimum atomic E-state index is -0.479. The summed E-state index contributed by atoms with van der Waals surface area (Å²) in [4.78, 5) is 33.5. The van der Waals surface area contributed by atoms with E-state index < -0.39 is 4.92 Å². The second-order valence-electron chi connectivity index (χ2n) is 5.44. The van der Waals surface area contributed by atoms with E-state index in [1.165, 1.54) is 22.9 Å². The smallest absolute Gasteiger partial charge is 0.271 e. The molecule has 0 radical (unpaired) electrons. The van der Waals surface area contributed by atoms with Gasteiger partial charge in [0, 0.05) is 29.3 Å².